The number of hydrogen-bond donors (Lipinski definition) is 0. The van der Waals surface area contributed by atoms with E-state index in [-0.39, 0.29) is 0 Å². The Morgan fingerprint density at radius 1 is 1.30 bits per heavy atom. The second-order valence-corrected chi connectivity index (χ2v) is 7.04. The molecule has 3 rings (SSSR count). The van der Waals surface area contributed by atoms with E-state index in [4.69, 9.17) is 9.15 Å². The summed E-state index contributed by atoms with van der Waals surface area (Å²) in [5.74, 6) is 3.29. The predicted octanol–water partition coefficient (Wildman–Crippen LogP) is 3.10. The number of rotatable bonds is 6. The maximum atomic E-state index is 5.76. The van der Waals surface area contributed by atoms with E-state index in [2.05, 4.69) is 22.1 Å². The van der Waals surface area contributed by atoms with Crippen LogP contribution in [0.1, 0.15) is 24.3 Å². The summed E-state index contributed by atoms with van der Waals surface area (Å²) in [6.45, 7) is 2.38. The zero-order valence-electron chi connectivity index (χ0n) is 13.7. The molecule has 1 fully saturated rings. The molecule has 0 N–H and O–H groups in total. The first-order valence-corrected chi connectivity index (χ1v) is 8.98. The van der Waals surface area contributed by atoms with Crippen molar-refractivity contribution in [1.29, 1.82) is 0 Å². The molecule has 124 valence electrons. The van der Waals surface area contributed by atoms with E-state index < -0.39 is 0 Å². The standard InChI is InChI=1S/C17H23N3O2S/c1-20-9-3-4-14(11-20)12-23-17-19-18-16(22-17)10-13-5-7-15(21-2)8-6-13/h5-8,14H,3-4,9-12H2,1-2H3/t14-/m1/s1. The molecule has 1 aliphatic rings. The lowest BCUT2D eigenvalue weighted by Crippen LogP contribution is -2.33. The number of likely N-dealkylation sites (tertiary alicyclic amines) is 1. The Kier molecular flexibility index (Phi) is 5.56. The molecule has 1 aromatic carbocycles. The predicted molar refractivity (Wildman–Crippen MR) is 91.0 cm³/mol. The Labute approximate surface area is 141 Å². The highest BCUT2D eigenvalue weighted by atomic mass is 32.2. The summed E-state index contributed by atoms with van der Waals surface area (Å²) in [5.41, 5.74) is 1.14. The minimum atomic E-state index is 0.656. The number of aromatic nitrogens is 2. The summed E-state index contributed by atoms with van der Waals surface area (Å²) >= 11 is 1.68. The number of thioether (sulfide) groups is 1. The number of nitrogens with zero attached hydrogens (tertiary/aromatic N) is 3. The Balaban J connectivity index is 1.51. The van der Waals surface area contributed by atoms with E-state index in [9.17, 15) is 0 Å². The first-order chi connectivity index (χ1) is 11.2. The monoisotopic (exact) mass is 333 g/mol. The van der Waals surface area contributed by atoms with E-state index >= 15 is 0 Å². The van der Waals surface area contributed by atoms with Gasteiger partial charge < -0.3 is 14.1 Å². The van der Waals surface area contributed by atoms with Gasteiger partial charge in [0.05, 0.1) is 13.5 Å². The van der Waals surface area contributed by atoms with Crippen molar-refractivity contribution in [3.05, 3.63) is 35.7 Å². The lowest BCUT2D eigenvalue weighted by Gasteiger charge is -2.28. The third-order valence-electron chi connectivity index (χ3n) is 4.13. The van der Waals surface area contributed by atoms with Crippen LogP contribution in [0.5, 0.6) is 5.75 Å². The summed E-state index contributed by atoms with van der Waals surface area (Å²) in [5, 5.41) is 8.99. The van der Waals surface area contributed by atoms with Crippen molar-refractivity contribution in [3.8, 4) is 5.75 Å². The van der Waals surface area contributed by atoms with Gasteiger partial charge in [-0.1, -0.05) is 23.9 Å². The van der Waals surface area contributed by atoms with Crippen LogP contribution in [0.15, 0.2) is 33.9 Å². The second-order valence-electron chi connectivity index (χ2n) is 6.07. The minimum Gasteiger partial charge on any atom is -0.497 e. The zero-order valence-corrected chi connectivity index (χ0v) is 14.5. The van der Waals surface area contributed by atoms with Crippen LogP contribution in [-0.4, -0.2) is 48.1 Å². The van der Waals surface area contributed by atoms with Gasteiger partial charge in [0.1, 0.15) is 5.75 Å². The molecule has 0 radical (unpaired) electrons. The van der Waals surface area contributed by atoms with Crippen LogP contribution in [0.4, 0.5) is 0 Å². The molecule has 0 bridgehead atoms. The Bertz CT molecular complexity index is 615. The van der Waals surface area contributed by atoms with Crippen molar-refractivity contribution >= 4 is 11.8 Å². The fourth-order valence-corrected chi connectivity index (χ4v) is 3.79. The van der Waals surface area contributed by atoms with Crippen LogP contribution < -0.4 is 4.74 Å². The third kappa shape index (κ3) is 4.72. The first-order valence-electron chi connectivity index (χ1n) is 7.99. The fraction of sp³-hybridized carbons (Fsp3) is 0.529. The number of ether oxygens (including phenoxy) is 1. The third-order valence-corrected chi connectivity index (χ3v) is 5.18. The fourth-order valence-electron chi connectivity index (χ4n) is 2.88. The average Bonchev–Trinajstić information content (AvgIpc) is 3.01. The Morgan fingerprint density at radius 2 is 2.13 bits per heavy atom. The number of benzene rings is 1. The number of hydrogen-bond acceptors (Lipinski definition) is 6. The van der Waals surface area contributed by atoms with Gasteiger partial charge in [-0.15, -0.1) is 10.2 Å². The van der Waals surface area contributed by atoms with E-state index in [1.54, 1.807) is 18.9 Å². The van der Waals surface area contributed by atoms with Gasteiger partial charge in [0.15, 0.2) is 0 Å². The molecule has 0 spiro atoms. The maximum absolute atomic E-state index is 5.76. The van der Waals surface area contributed by atoms with E-state index in [1.165, 1.54) is 25.9 Å². The van der Waals surface area contributed by atoms with Crippen molar-refractivity contribution in [2.45, 2.75) is 24.5 Å². The van der Waals surface area contributed by atoms with Crippen LogP contribution in [0, 0.1) is 5.92 Å². The first kappa shape index (κ1) is 16.3. The number of methoxy groups -OCH3 is 1. The largest absolute Gasteiger partial charge is 0.497 e. The summed E-state index contributed by atoms with van der Waals surface area (Å²) in [6.07, 6.45) is 3.24. The lowest BCUT2D eigenvalue weighted by molar-refractivity contribution is 0.224. The molecule has 1 saturated heterocycles. The van der Waals surface area contributed by atoms with Crippen molar-refractivity contribution < 1.29 is 9.15 Å². The molecule has 0 amide bonds. The van der Waals surface area contributed by atoms with Crippen molar-refractivity contribution in [1.82, 2.24) is 15.1 Å². The summed E-state index contributed by atoms with van der Waals surface area (Å²) in [6, 6.07) is 7.93. The van der Waals surface area contributed by atoms with Crippen LogP contribution >= 0.6 is 11.8 Å². The van der Waals surface area contributed by atoms with Crippen LogP contribution in [-0.2, 0) is 6.42 Å². The summed E-state index contributed by atoms with van der Waals surface area (Å²) in [7, 11) is 3.86. The van der Waals surface area contributed by atoms with E-state index in [1.807, 2.05) is 24.3 Å². The van der Waals surface area contributed by atoms with Gasteiger partial charge in [0.25, 0.3) is 5.22 Å². The average molecular weight is 333 g/mol. The molecule has 6 heteroatoms. The normalized spacial score (nSPS) is 19.0. The smallest absolute Gasteiger partial charge is 0.276 e. The molecule has 23 heavy (non-hydrogen) atoms. The SMILES string of the molecule is COc1ccc(Cc2nnc(SC[C@@H]3CCCN(C)C3)o2)cc1. The van der Waals surface area contributed by atoms with Gasteiger partial charge in [-0.05, 0) is 50.0 Å². The maximum Gasteiger partial charge on any atom is 0.276 e. The molecule has 1 atom stereocenters. The summed E-state index contributed by atoms with van der Waals surface area (Å²) < 4.78 is 10.9. The topological polar surface area (TPSA) is 51.4 Å². The van der Waals surface area contributed by atoms with Crippen molar-refractivity contribution in [2.75, 3.05) is 33.0 Å². The number of piperidine rings is 1. The molecule has 1 aromatic heterocycles. The zero-order chi connectivity index (χ0) is 16.1. The second kappa shape index (κ2) is 7.84. The highest BCUT2D eigenvalue weighted by molar-refractivity contribution is 7.99. The van der Waals surface area contributed by atoms with Crippen molar-refractivity contribution in [3.63, 3.8) is 0 Å². The highest BCUT2D eigenvalue weighted by Gasteiger charge is 2.18. The molecule has 1 aliphatic heterocycles. The lowest BCUT2D eigenvalue weighted by atomic mass is 10.0. The molecule has 2 aromatic rings. The quantitative estimate of drug-likeness (QED) is 0.757. The summed E-state index contributed by atoms with van der Waals surface area (Å²) in [4.78, 5) is 2.40. The molecule has 2 heterocycles. The van der Waals surface area contributed by atoms with E-state index in [0.717, 1.165) is 23.0 Å². The van der Waals surface area contributed by atoms with Crippen LogP contribution in [0.3, 0.4) is 0 Å². The molecular formula is C17H23N3O2S. The van der Waals surface area contributed by atoms with E-state index in [0.29, 0.717) is 17.5 Å². The highest BCUT2D eigenvalue weighted by Crippen LogP contribution is 2.25. The molecule has 0 unspecified atom stereocenters. The van der Waals surface area contributed by atoms with Gasteiger partial charge in [0.2, 0.25) is 5.89 Å². The molecule has 0 aliphatic carbocycles. The van der Waals surface area contributed by atoms with Crippen LogP contribution in [0.2, 0.25) is 0 Å². The van der Waals surface area contributed by atoms with Crippen molar-refractivity contribution in [2.24, 2.45) is 5.92 Å². The Morgan fingerprint density at radius 3 is 2.87 bits per heavy atom. The van der Waals surface area contributed by atoms with Gasteiger partial charge >= 0.3 is 0 Å². The molecular weight excluding hydrogens is 310 g/mol. The molecule has 0 saturated carbocycles. The van der Waals surface area contributed by atoms with Gasteiger partial charge in [-0.2, -0.15) is 0 Å². The van der Waals surface area contributed by atoms with Crippen LogP contribution in [0.25, 0.3) is 0 Å². The minimum absolute atomic E-state index is 0.656. The Hall–Kier alpha value is -1.53. The van der Waals surface area contributed by atoms with Gasteiger partial charge in [-0.25, -0.2) is 0 Å². The molecule has 5 nitrogen and oxygen atoms in total. The van der Waals surface area contributed by atoms with Gasteiger partial charge in [-0.3, -0.25) is 0 Å². The van der Waals surface area contributed by atoms with Gasteiger partial charge in [0, 0.05) is 12.3 Å².